The lowest BCUT2D eigenvalue weighted by Gasteiger charge is -2.24. The fourth-order valence-corrected chi connectivity index (χ4v) is 2.46. The molecule has 5 heteroatoms. The van der Waals surface area contributed by atoms with Crippen LogP contribution in [-0.4, -0.2) is 28.2 Å². The van der Waals surface area contributed by atoms with Gasteiger partial charge >= 0.3 is 0 Å². The van der Waals surface area contributed by atoms with Gasteiger partial charge in [-0.1, -0.05) is 25.2 Å². The van der Waals surface area contributed by atoms with Gasteiger partial charge in [0.05, 0.1) is 6.54 Å². The van der Waals surface area contributed by atoms with Crippen molar-refractivity contribution >= 4 is 22.9 Å². The minimum atomic E-state index is 0.523. The lowest BCUT2D eigenvalue weighted by Crippen LogP contribution is -2.29. The number of halogens is 1. The van der Waals surface area contributed by atoms with E-state index in [1.54, 1.807) is 0 Å². The van der Waals surface area contributed by atoms with E-state index in [0.29, 0.717) is 10.5 Å². The van der Waals surface area contributed by atoms with E-state index in [-0.39, 0.29) is 0 Å². The first-order valence-corrected chi connectivity index (χ1v) is 6.36. The van der Waals surface area contributed by atoms with Crippen LogP contribution in [0, 0.1) is 5.92 Å². The Labute approximate surface area is 100 Å². The highest BCUT2D eigenvalue weighted by molar-refractivity contribution is 7.15. The normalized spacial score (nSPS) is 13.8. The van der Waals surface area contributed by atoms with Crippen molar-refractivity contribution in [3.8, 4) is 0 Å². The molecule has 0 radical (unpaired) electrons. The maximum absolute atomic E-state index is 5.73. The summed E-state index contributed by atoms with van der Waals surface area (Å²) in [5, 5.41) is 8.79. The van der Waals surface area contributed by atoms with Crippen molar-refractivity contribution in [1.29, 1.82) is 0 Å². The topological polar surface area (TPSA) is 29.0 Å². The SMILES string of the molecule is CC(C)CC(C)N(C)Cc1nnc(Cl)s1. The molecule has 1 rings (SSSR count). The Bertz CT molecular complexity index is 301. The molecule has 3 nitrogen and oxygen atoms in total. The molecule has 0 N–H and O–H groups in total. The van der Waals surface area contributed by atoms with Gasteiger partial charge in [0.1, 0.15) is 5.01 Å². The van der Waals surface area contributed by atoms with Gasteiger partial charge in [-0.25, -0.2) is 0 Å². The third-order valence-corrected chi connectivity index (χ3v) is 3.40. The average Bonchev–Trinajstić information content (AvgIpc) is 2.50. The molecule has 0 amide bonds. The molecule has 0 saturated heterocycles. The first-order valence-electron chi connectivity index (χ1n) is 5.17. The van der Waals surface area contributed by atoms with Crippen LogP contribution in [0.1, 0.15) is 32.2 Å². The highest BCUT2D eigenvalue weighted by Gasteiger charge is 2.13. The quantitative estimate of drug-likeness (QED) is 0.801. The molecular weight excluding hydrogens is 230 g/mol. The van der Waals surface area contributed by atoms with Gasteiger partial charge in [-0.15, -0.1) is 10.2 Å². The lowest BCUT2D eigenvalue weighted by atomic mass is 10.0. The molecule has 0 fully saturated rings. The smallest absolute Gasteiger partial charge is 0.207 e. The van der Waals surface area contributed by atoms with Crippen LogP contribution in [0.25, 0.3) is 0 Å². The van der Waals surface area contributed by atoms with Crippen molar-refractivity contribution < 1.29 is 0 Å². The van der Waals surface area contributed by atoms with Crippen LogP contribution in [0.3, 0.4) is 0 Å². The van der Waals surface area contributed by atoms with E-state index in [1.165, 1.54) is 17.8 Å². The largest absolute Gasteiger partial charge is 0.297 e. The van der Waals surface area contributed by atoms with Crippen LogP contribution >= 0.6 is 22.9 Å². The molecule has 0 aliphatic heterocycles. The fourth-order valence-electron chi connectivity index (χ4n) is 1.53. The van der Waals surface area contributed by atoms with Gasteiger partial charge in [0.2, 0.25) is 4.47 Å². The standard InChI is InChI=1S/C10H18ClN3S/c1-7(2)5-8(3)14(4)6-9-12-13-10(11)15-9/h7-8H,5-6H2,1-4H3. The first-order chi connectivity index (χ1) is 6.99. The van der Waals surface area contributed by atoms with Crippen molar-refractivity contribution in [3.05, 3.63) is 9.47 Å². The van der Waals surface area contributed by atoms with E-state index in [1.807, 2.05) is 0 Å². The summed E-state index contributed by atoms with van der Waals surface area (Å²) in [4.78, 5) is 2.29. The number of hydrogen-bond donors (Lipinski definition) is 0. The first kappa shape index (κ1) is 12.9. The molecule has 1 unspecified atom stereocenters. The summed E-state index contributed by atoms with van der Waals surface area (Å²) >= 11 is 7.19. The predicted molar refractivity (Wildman–Crippen MR) is 65.3 cm³/mol. The summed E-state index contributed by atoms with van der Waals surface area (Å²) < 4.78 is 0.523. The van der Waals surface area contributed by atoms with E-state index in [0.717, 1.165) is 17.5 Å². The van der Waals surface area contributed by atoms with E-state index in [4.69, 9.17) is 11.6 Å². The van der Waals surface area contributed by atoms with Crippen molar-refractivity contribution in [2.45, 2.75) is 39.8 Å². The number of nitrogens with zero attached hydrogens (tertiary/aromatic N) is 3. The van der Waals surface area contributed by atoms with E-state index >= 15 is 0 Å². The van der Waals surface area contributed by atoms with E-state index in [2.05, 4.69) is 42.9 Å². The van der Waals surface area contributed by atoms with Crippen LogP contribution in [0.4, 0.5) is 0 Å². The number of rotatable bonds is 5. The third kappa shape index (κ3) is 4.45. The van der Waals surface area contributed by atoms with Crippen molar-refractivity contribution in [1.82, 2.24) is 15.1 Å². The molecule has 1 aromatic heterocycles. The van der Waals surface area contributed by atoms with Crippen molar-refractivity contribution in [2.75, 3.05) is 7.05 Å². The van der Waals surface area contributed by atoms with Gasteiger partial charge < -0.3 is 0 Å². The monoisotopic (exact) mass is 247 g/mol. The van der Waals surface area contributed by atoms with Gasteiger partial charge in [-0.3, -0.25) is 4.90 Å². The second-order valence-corrected chi connectivity index (χ2v) is 5.99. The third-order valence-electron chi connectivity index (χ3n) is 2.39. The van der Waals surface area contributed by atoms with E-state index < -0.39 is 0 Å². The maximum atomic E-state index is 5.73. The highest BCUT2D eigenvalue weighted by atomic mass is 35.5. The zero-order chi connectivity index (χ0) is 11.4. The summed E-state index contributed by atoms with van der Waals surface area (Å²) in [5.74, 6) is 0.723. The summed E-state index contributed by atoms with van der Waals surface area (Å²) in [6.45, 7) is 7.55. The highest BCUT2D eigenvalue weighted by Crippen LogP contribution is 2.18. The van der Waals surface area contributed by atoms with Crippen LogP contribution in [0.5, 0.6) is 0 Å². The van der Waals surface area contributed by atoms with Crippen LogP contribution < -0.4 is 0 Å². The Morgan fingerprint density at radius 3 is 2.47 bits per heavy atom. The molecular formula is C10H18ClN3S. The summed E-state index contributed by atoms with van der Waals surface area (Å²) in [7, 11) is 2.11. The summed E-state index contributed by atoms with van der Waals surface area (Å²) in [6.07, 6.45) is 1.20. The number of aromatic nitrogens is 2. The van der Waals surface area contributed by atoms with Gasteiger partial charge in [0.15, 0.2) is 0 Å². The molecule has 0 spiro atoms. The molecule has 0 aliphatic carbocycles. The number of hydrogen-bond acceptors (Lipinski definition) is 4. The summed E-state index contributed by atoms with van der Waals surface area (Å²) in [6, 6.07) is 0.563. The second kappa shape index (κ2) is 5.77. The predicted octanol–water partition coefficient (Wildman–Crippen LogP) is 3.06. The Hall–Kier alpha value is -0.190. The average molecular weight is 248 g/mol. The molecule has 86 valence electrons. The summed E-state index contributed by atoms with van der Waals surface area (Å²) in [5.41, 5.74) is 0. The molecule has 1 aromatic rings. The second-order valence-electron chi connectivity index (χ2n) is 4.34. The zero-order valence-corrected chi connectivity index (χ0v) is 11.3. The van der Waals surface area contributed by atoms with Crippen LogP contribution in [0.2, 0.25) is 4.47 Å². The molecule has 0 bridgehead atoms. The molecule has 0 aromatic carbocycles. The molecule has 1 heterocycles. The lowest BCUT2D eigenvalue weighted by molar-refractivity contribution is 0.220. The Kier molecular flexibility index (Phi) is 4.96. The fraction of sp³-hybridized carbons (Fsp3) is 0.800. The van der Waals surface area contributed by atoms with Crippen LogP contribution in [0.15, 0.2) is 0 Å². The Morgan fingerprint density at radius 2 is 2.00 bits per heavy atom. The van der Waals surface area contributed by atoms with Crippen LogP contribution in [-0.2, 0) is 6.54 Å². The van der Waals surface area contributed by atoms with Gasteiger partial charge in [0.25, 0.3) is 0 Å². The van der Waals surface area contributed by atoms with E-state index in [9.17, 15) is 0 Å². The molecule has 0 aliphatic rings. The van der Waals surface area contributed by atoms with Gasteiger partial charge in [0, 0.05) is 6.04 Å². The minimum absolute atomic E-state index is 0.523. The van der Waals surface area contributed by atoms with Crippen molar-refractivity contribution in [2.24, 2.45) is 5.92 Å². The molecule has 15 heavy (non-hydrogen) atoms. The van der Waals surface area contributed by atoms with Gasteiger partial charge in [-0.2, -0.15) is 0 Å². The zero-order valence-electron chi connectivity index (χ0n) is 9.70. The molecule has 1 atom stereocenters. The van der Waals surface area contributed by atoms with Crippen molar-refractivity contribution in [3.63, 3.8) is 0 Å². The Balaban J connectivity index is 2.44. The Morgan fingerprint density at radius 1 is 1.33 bits per heavy atom. The maximum Gasteiger partial charge on any atom is 0.207 e. The minimum Gasteiger partial charge on any atom is -0.297 e. The molecule has 0 saturated carbocycles. The van der Waals surface area contributed by atoms with Gasteiger partial charge in [-0.05, 0) is 37.9 Å².